The molecule has 0 saturated heterocycles. The van der Waals surface area contributed by atoms with Crippen molar-refractivity contribution < 1.29 is 14.3 Å². The highest BCUT2D eigenvalue weighted by Crippen LogP contribution is 2.22. The van der Waals surface area contributed by atoms with Gasteiger partial charge in [-0.3, -0.25) is 0 Å². The van der Waals surface area contributed by atoms with Gasteiger partial charge in [0.1, 0.15) is 5.75 Å². The first-order valence-electron chi connectivity index (χ1n) is 6.59. The zero-order chi connectivity index (χ0) is 14.5. The lowest BCUT2D eigenvalue weighted by Gasteiger charge is -2.05. The number of aromatic nitrogens is 1. The molecule has 0 atom stereocenters. The van der Waals surface area contributed by atoms with Gasteiger partial charge in [0.25, 0.3) is 0 Å². The molecule has 0 unspecified atom stereocenters. The maximum atomic E-state index is 11.5. The third-order valence-electron chi connectivity index (χ3n) is 3.34. The van der Waals surface area contributed by atoms with E-state index in [1.807, 2.05) is 43.5 Å². The van der Waals surface area contributed by atoms with Gasteiger partial charge >= 0.3 is 5.97 Å². The summed E-state index contributed by atoms with van der Waals surface area (Å²) in [7, 11) is 3.06. The van der Waals surface area contributed by atoms with Crippen molar-refractivity contribution in [1.82, 2.24) is 4.57 Å². The molecular weight excluding hydrogens is 254 g/mol. The summed E-state index contributed by atoms with van der Waals surface area (Å²) in [6.45, 7) is 2.59. The fourth-order valence-corrected chi connectivity index (χ4v) is 2.18. The zero-order valence-corrected chi connectivity index (χ0v) is 12.1. The van der Waals surface area contributed by atoms with Crippen LogP contribution in [0.25, 0.3) is 10.9 Å². The molecule has 2 rings (SSSR count). The van der Waals surface area contributed by atoms with E-state index in [4.69, 9.17) is 9.47 Å². The van der Waals surface area contributed by atoms with Crippen LogP contribution < -0.4 is 4.74 Å². The second-order valence-corrected chi connectivity index (χ2v) is 4.47. The lowest BCUT2D eigenvalue weighted by atomic mass is 10.2. The molecule has 0 aliphatic rings. The highest BCUT2D eigenvalue weighted by Gasteiger charge is 2.07. The van der Waals surface area contributed by atoms with Crippen LogP contribution in [0.5, 0.6) is 5.75 Å². The molecular formula is C16H19NO3. The lowest BCUT2D eigenvalue weighted by Crippen LogP contribution is -2.05. The summed E-state index contributed by atoms with van der Waals surface area (Å²) in [6.07, 6.45) is 4.58. The van der Waals surface area contributed by atoms with E-state index in [0.29, 0.717) is 18.5 Å². The molecule has 0 amide bonds. The van der Waals surface area contributed by atoms with E-state index in [2.05, 4.69) is 4.57 Å². The van der Waals surface area contributed by atoms with Gasteiger partial charge in [0.2, 0.25) is 0 Å². The summed E-state index contributed by atoms with van der Waals surface area (Å²) in [5, 5.41) is 1.12. The van der Waals surface area contributed by atoms with Crippen LogP contribution in [0.1, 0.15) is 13.3 Å². The van der Waals surface area contributed by atoms with Crippen molar-refractivity contribution in [2.24, 2.45) is 0 Å². The zero-order valence-electron chi connectivity index (χ0n) is 12.1. The monoisotopic (exact) mass is 273 g/mol. The molecule has 2 aromatic rings. The summed E-state index contributed by atoms with van der Waals surface area (Å²) in [5.41, 5.74) is 1.81. The third kappa shape index (κ3) is 2.85. The number of esters is 1. The summed E-state index contributed by atoms with van der Waals surface area (Å²) >= 11 is 0. The molecule has 0 fully saturated rings. The predicted octanol–water partition coefficient (Wildman–Crippen LogP) is 3.16. The number of ether oxygens (including phenoxy) is 2. The Labute approximate surface area is 118 Å². The van der Waals surface area contributed by atoms with E-state index in [1.54, 1.807) is 7.11 Å². The first kappa shape index (κ1) is 14.2. The molecule has 0 radical (unpaired) electrons. The van der Waals surface area contributed by atoms with Crippen molar-refractivity contribution >= 4 is 16.9 Å². The van der Waals surface area contributed by atoms with Gasteiger partial charge in [0.05, 0.1) is 14.2 Å². The van der Waals surface area contributed by atoms with Crippen LogP contribution in [0.3, 0.4) is 0 Å². The van der Waals surface area contributed by atoms with Crippen molar-refractivity contribution in [3.05, 3.63) is 42.1 Å². The number of hydrogen-bond acceptors (Lipinski definition) is 3. The van der Waals surface area contributed by atoms with Gasteiger partial charge in [-0.25, -0.2) is 4.79 Å². The summed E-state index contributed by atoms with van der Waals surface area (Å²) in [5.74, 6) is 0.584. The van der Waals surface area contributed by atoms with Crippen molar-refractivity contribution in [2.45, 2.75) is 19.9 Å². The molecule has 106 valence electrons. The number of hydrogen-bond donors (Lipinski definition) is 0. The van der Waals surface area contributed by atoms with Crippen molar-refractivity contribution in [3.63, 3.8) is 0 Å². The van der Waals surface area contributed by atoms with Crippen molar-refractivity contribution in [1.29, 1.82) is 0 Å². The number of allylic oxidation sites excluding steroid dienone is 1. The molecule has 0 N–H and O–H groups in total. The first-order valence-corrected chi connectivity index (χ1v) is 6.59. The SMILES string of the molecule is CCC(=CCn1ccc2cc(OC)ccc21)C(=O)OC. The first-order chi connectivity index (χ1) is 9.69. The van der Waals surface area contributed by atoms with Gasteiger partial charge in [-0.15, -0.1) is 0 Å². The maximum absolute atomic E-state index is 11.5. The van der Waals surface area contributed by atoms with E-state index >= 15 is 0 Å². The van der Waals surface area contributed by atoms with Crippen LogP contribution in [0.2, 0.25) is 0 Å². The van der Waals surface area contributed by atoms with Crippen LogP contribution in [0, 0.1) is 0 Å². The number of fused-ring (bicyclic) bond motifs is 1. The Bertz CT molecular complexity index is 640. The molecule has 4 nitrogen and oxygen atoms in total. The van der Waals surface area contributed by atoms with Gasteiger partial charge in [0.15, 0.2) is 0 Å². The number of benzene rings is 1. The highest BCUT2D eigenvalue weighted by molar-refractivity contribution is 5.88. The Kier molecular flexibility index (Phi) is 4.45. The van der Waals surface area contributed by atoms with Crippen molar-refractivity contribution in [3.8, 4) is 5.75 Å². The Balaban J connectivity index is 2.26. The van der Waals surface area contributed by atoms with Gasteiger partial charge in [-0.2, -0.15) is 0 Å². The Morgan fingerprint density at radius 3 is 2.75 bits per heavy atom. The van der Waals surface area contributed by atoms with E-state index in [0.717, 1.165) is 16.7 Å². The van der Waals surface area contributed by atoms with Crippen LogP contribution in [0.15, 0.2) is 42.1 Å². The fourth-order valence-electron chi connectivity index (χ4n) is 2.18. The standard InChI is InChI=1S/C16H19NO3/c1-4-12(16(18)20-3)7-9-17-10-8-13-11-14(19-2)5-6-15(13)17/h5-8,10-11H,4,9H2,1-3H3. The molecule has 20 heavy (non-hydrogen) atoms. The summed E-state index contributed by atoms with van der Waals surface area (Å²) < 4.78 is 12.1. The second kappa shape index (κ2) is 6.28. The van der Waals surface area contributed by atoms with Crippen LogP contribution in [0.4, 0.5) is 0 Å². The van der Waals surface area contributed by atoms with E-state index in [-0.39, 0.29) is 5.97 Å². The molecule has 1 aromatic heterocycles. The van der Waals surface area contributed by atoms with Gasteiger partial charge < -0.3 is 14.0 Å². The number of methoxy groups -OCH3 is 2. The number of carbonyl (C=O) groups excluding carboxylic acids is 1. The topological polar surface area (TPSA) is 40.5 Å². The average Bonchev–Trinajstić information content (AvgIpc) is 2.89. The van der Waals surface area contributed by atoms with Crippen molar-refractivity contribution in [2.75, 3.05) is 14.2 Å². The highest BCUT2D eigenvalue weighted by atomic mass is 16.5. The number of nitrogens with zero attached hydrogens (tertiary/aromatic N) is 1. The molecule has 4 heteroatoms. The minimum atomic E-state index is -0.259. The average molecular weight is 273 g/mol. The predicted molar refractivity (Wildman–Crippen MR) is 78.9 cm³/mol. The number of carbonyl (C=O) groups is 1. The van der Waals surface area contributed by atoms with Crippen LogP contribution >= 0.6 is 0 Å². The van der Waals surface area contributed by atoms with Crippen LogP contribution in [-0.2, 0) is 16.1 Å². The third-order valence-corrected chi connectivity index (χ3v) is 3.34. The minimum absolute atomic E-state index is 0.259. The van der Waals surface area contributed by atoms with Gasteiger partial charge in [-0.1, -0.05) is 13.0 Å². The second-order valence-electron chi connectivity index (χ2n) is 4.47. The lowest BCUT2D eigenvalue weighted by molar-refractivity contribution is -0.136. The normalized spacial score (nSPS) is 11.7. The molecule has 0 saturated carbocycles. The summed E-state index contributed by atoms with van der Waals surface area (Å²) in [4.78, 5) is 11.5. The molecule has 0 spiro atoms. The van der Waals surface area contributed by atoms with Gasteiger partial charge in [-0.05, 0) is 30.7 Å². The molecule has 0 aliphatic carbocycles. The summed E-state index contributed by atoms with van der Waals surface area (Å²) in [6, 6.07) is 7.99. The minimum Gasteiger partial charge on any atom is -0.497 e. The maximum Gasteiger partial charge on any atom is 0.333 e. The largest absolute Gasteiger partial charge is 0.497 e. The molecule has 1 heterocycles. The van der Waals surface area contributed by atoms with E-state index < -0.39 is 0 Å². The fraction of sp³-hybridized carbons (Fsp3) is 0.312. The van der Waals surface area contributed by atoms with E-state index in [1.165, 1.54) is 7.11 Å². The molecule has 0 bridgehead atoms. The van der Waals surface area contributed by atoms with E-state index in [9.17, 15) is 4.79 Å². The smallest absolute Gasteiger partial charge is 0.333 e. The Hall–Kier alpha value is -2.23. The van der Waals surface area contributed by atoms with Gasteiger partial charge in [0, 0.05) is 29.2 Å². The van der Waals surface area contributed by atoms with Crippen LogP contribution in [-0.4, -0.2) is 24.8 Å². The molecule has 0 aliphatic heterocycles. The number of rotatable bonds is 5. The molecule has 1 aromatic carbocycles. The quantitative estimate of drug-likeness (QED) is 0.620. The Morgan fingerprint density at radius 2 is 2.10 bits per heavy atom. The Morgan fingerprint density at radius 1 is 1.30 bits per heavy atom.